The van der Waals surface area contributed by atoms with Crippen LogP contribution in [0.1, 0.15) is 213 Å². The molecule has 280 valence electrons. The first kappa shape index (κ1) is 46.0. The quantitative estimate of drug-likeness (QED) is 0.0335. The first-order valence-electron chi connectivity index (χ1n) is 20.6. The van der Waals surface area contributed by atoms with E-state index in [2.05, 4.69) is 31.3 Å². The van der Waals surface area contributed by atoms with Gasteiger partial charge in [0.1, 0.15) is 12.2 Å². The van der Waals surface area contributed by atoms with Crippen LogP contribution in [0.4, 0.5) is 0 Å². The number of carbonyl (C=O) groups is 1. The van der Waals surface area contributed by atoms with Crippen molar-refractivity contribution in [2.75, 3.05) is 6.61 Å². The molecule has 0 saturated carbocycles. The Balaban J connectivity index is 3.78. The van der Waals surface area contributed by atoms with E-state index in [1.807, 2.05) is 0 Å². The Bertz CT molecular complexity index is 672. The molecule has 6 heteroatoms. The maximum Gasteiger partial charge on any atom is 0.249 e. The van der Waals surface area contributed by atoms with Gasteiger partial charge in [0.15, 0.2) is 0 Å². The van der Waals surface area contributed by atoms with Gasteiger partial charge >= 0.3 is 0 Å². The summed E-state index contributed by atoms with van der Waals surface area (Å²) in [7, 11) is 0. The second kappa shape index (κ2) is 36.3. The van der Waals surface area contributed by atoms with Crippen molar-refractivity contribution in [3.63, 3.8) is 0 Å². The van der Waals surface area contributed by atoms with Gasteiger partial charge in [-0.15, -0.1) is 0 Å². The van der Waals surface area contributed by atoms with Crippen LogP contribution in [0.3, 0.4) is 0 Å². The number of allylic oxidation sites excluding steroid dienone is 2. The maximum absolute atomic E-state index is 12.4. The molecule has 0 rings (SSSR count). The third kappa shape index (κ3) is 30.8. The average molecular weight is 668 g/mol. The number of carbonyl (C=O) groups excluding carboxylic acids is 1. The van der Waals surface area contributed by atoms with E-state index in [1.54, 1.807) is 0 Å². The molecule has 4 atom stereocenters. The van der Waals surface area contributed by atoms with Crippen molar-refractivity contribution >= 4 is 5.91 Å². The first-order valence-corrected chi connectivity index (χ1v) is 20.6. The lowest BCUT2D eigenvalue weighted by atomic mass is 10.00. The van der Waals surface area contributed by atoms with Crippen molar-refractivity contribution in [3.8, 4) is 0 Å². The molecule has 0 heterocycles. The van der Waals surface area contributed by atoms with Gasteiger partial charge in [0.2, 0.25) is 5.91 Å². The number of aliphatic hydroxyl groups is 4. The van der Waals surface area contributed by atoms with Crippen LogP contribution >= 0.6 is 0 Å². The van der Waals surface area contributed by atoms with Gasteiger partial charge in [-0.25, -0.2) is 0 Å². The number of rotatable bonds is 37. The highest BCUT2D eigenvalue weighted by Crippen LogP contribution is 2.16. The summed E-state index contributed by atoms with van der Waals surface area (Å²) in [4.78, 5) is 12.4. The van der Waals surface area contributed by atoms with Crippen LogP contribution < -0.4 is 5.32 Å². The summed E-state index contributed by atoms with van der Waals surface area (Å²) in [6, 6.07) is -0.995. The smallest absolute Gasteiger partial charge is 0.249 e. The Morgan fingerprint density at radius 3 is 1.28 bits per heavy atom. The molecule has 5 N–H and O–H groups in total. The van der Waals surface area contributed by atoms with Crippen LogP contribution in [0.25, 0.3) is 0 Å². The van der Waals surface area contributed by atoms with Crippen molar-refractivity contribution < 1.29 is 25.2 Å². The van der Waals surface area contributed by atoms with Crippen LogP contribution in [0, 0.1) is 0 Å². The van der Waals surface area contributed by atoms with Crippen molar-refractivity contribution in [1.29, 1.82) is 0 Å². The highest BCUT2D eigenvalue weighted by Gasteiger charge is 2.28. The number of hydrogen-bond donors (Lipinski definition) is 5. The lowest BCUT2D eigenvalue weighted by Crippen LogP contribution is -2.53. The second-order valence-corrected chi connectivity index (χ2v) is 14.3. The zero-order valence-corrected chi connectivity index (χ0v) is 31.3. The van der Waals surface area contributed by atoms with Crippen LogP contribution in [0.15, 0.2) is 12.2 Å². The fourth-order valence-corrected chi connectivity index (χ4v) is 6.40. The Morgan fingerprint density at radius 2 is 0.872 bits per heavy atom. The molecule has 0 radical (unpaired) electrons. The molecule has 0 aromatic heterocycles. The van der Waals surface area contributed by atoms with Crippen molar-refractivity contribution in [3.05, 3.63) is 12.2 Å². The standard InChI is InChI=1S/C41H81NO5/c1-3-5-7-9-11-13-15-17-18-19-20-21-22-23-25-26-28-30-32-34-38(44)40(46)37(36-43)42-41(47)39(45)35-33-31-29-27-24-16-14-12-10-8-6-4-2/h26,28,37-40,43-46H,3-25,27,29-36H2,1-2H3,(H,42,47)/b28-26+. The summed E-state index contributed by atoms with van der Waals surface area (Å²) >= 11 is 0. The lowest BCUT2D eigenvalue weighted by molar-refractivity contribution is -0.132. The number of aliphatic hydroxyl groups excluding tert-OH is 4. The monoisotopic (exact) mass is 668 g/mol. The average Bonchev–Trinajstić information content (AvgIpc) is 3.07. The van der Waals surface area contributed by atoms with Gasteiger partial charge in [0.05, 0.1) is 18.8 Å². The molecule has 0 aromatic rings. The number of hydrogen-bond acceptors (Lipinski definition) is 5. The summed E-state index contributed by atoms with van der Waals surface area (Å²) in [5.41, 5.74) is 0. The Hall–Kier alpha value is -0.950. The summed E-state index contributed by atoms with van der Waals surface area (Å²) < 4.78 is 0. The molecule has 0 aliphatic rings. The van der Waals surface area contributed by atoms with E-state index >= 15 is 0 Å². The van der Waals surface area contributed by atoms with Crippen molar-refractivity contribution in [1.82, 2.24) is 5.32 Å². The minimum Gasteiger partial charge on any atom is -0.394 e. The third-order valence-corrected chi connectivity index (χ3v) is 9.73. The van der Waals surface area contributed by atoms with Crippen LogP contribution in [-0.2, 0) is 4.79 Å². The normalized spacial score (nSPS) is 14.4. The summed E-state index contributed by atoms with van der Waals surface area (Å²) in [5.74, 6) is -0.593. The number of unbranched alkanes of at least 4 members (excludes halogenated alkanes) is 26. The molecule has 47 heavy (non-hydrogen) atoms. The Labute approximate surface area is 292 Å². The summed E-state index contributed by atoms with van der Waals surface area (Å²) in [6.45, 7) is 4.03. The lowest BCUT2D eigenvalue weighted by Gasteiger charge is -2.27. The Kier molecular flexibility index (Phi) is 35.6. The molecule has 1 amide bonds. The van der Waals surface area contributed by atoms with Gasteiger partial charge in [0.25, 0.3) is 0 Å². The van der Waals surface area contributed by atoms with E-state index in [0.717, 1.165) is 38.5 Å². The fourth-order valence-electron chi connectivity index (χ4n) is 6.40. The second-order valence-electron chi connectivity index (χ2n) is 14.3. The summed E-state index contributed by atoms with van der Waals surface area (Å²) in [5, 5.41) is 43.5. The molecule has 0 saturated heterocycles. The maximum atomic E-state index is 12.4. The molecule has 0 aliphatic heterocycles. The Morgan fingerprint density at radius 1 is 0.511 bits per heavy atom. The molecule has 0 spiro atoms. The zero-order valence-electron chi connectivity index (χ0n) is 31.3. The van der Waals surface area contributed by atoms with E-state index in [4.69, 9.17) is 0 Å². The number of amides is 1. The van der Waals surface area contributed by atoms with E-state index in [-0.39, 0.29) is 0 Å². The molecule has 6 nitrogen and oxygen atoms in total. The minimum atomic E-state index is -1.28. The SMILES string of the molecule is CCCCCCCCCCCCCCCC/C=C/CCCC(O)C(O)C(CO)NC(=O)C(O)CCCCCCCCCCCCCC. The van der Waals surface area contributed by atoms with E-state index < -0.39 is 36.9 Å². The minimum absolute atomic E-state index is 0.367. The van der Waals surface area contributed by atoms with E-state index in [0.29, 0.717) is 12.8 Å². The predicted molar refractivity (Wildman–Crippen MR) is 201 cm³/mol. The van der Waals surface area contributed by atoms with Gasteiger partial charge < -0.3 is 25.7 Å². The van der Waals surface area contributed by atoms with Crippen LogP contribution in [0.2, 0.25) is 0 Å². The fraction of sp³-hybridized carbons (Fsp3) is 0.927. The molecule has 0 bridgehead atoms. The highest BCUT2D eigenvalue weighted by atomic mass is 16.3. The molecule has 0 aromatic carbocycles. The van der Waals surface area contributed by atoms with E-state index in [9.17, 15) is 25.2 Å². The van der Waals surface area contributed by atoms with Crippen molar-refractivity contribution in [2.45, 2.75) is 237 Å². The number of nitrogens with one attached hydrogen (secondary N) is 1. The molecular formula is C41H81NO5. The van der Waals surface area contributed by atoms with Gasteiger partial charge in [-0.1, -0.05) is 187 Å². The molecule has 0 aliphatic carbocycles. The third-order valence-electron chi connectivity index (χ3n) is 9.73. The van der Waals surface area contributed by atoms with Gasteiger partial charge in [0, 0.05) is 0 Å². The predicted octanol–water partition coefficient (Wildman–Crippen LogP) is 10.2. The molecule has 4 unspecified atom stereocenters. The zero-order chi connectivity index (χ0) is 34.6. The first-order chi connectivity index (χ1) is 23.0. The van der Waals surface area contributed by atoms with Crippen LogP contribution in [-0.4, -0.2) is 57.3 Å². The van der Waals surface area contributed by atoms with Crippen LogP contribution in [0.5, 0.6) is 0 Å². The largest absolute Gasteiger partial charge is 0.394 e. The van der Waals surface area contributed by atoms with Gasteiger partial charge in [-0.2, -0.15) is 0 Å². The topological polar surface area (TPSA) is 110 Å². The highest BCUT2D eigenvalue weighted by molar-refractivity contribution is 5.80. The van der Waals surface area contributed by atoms with Gasteiger partial charge in [-0.05, 0) is 38.5 Å². The molecular weight excluding hydrogens is 586 g/mol. The van der Waals surface area contributed by atoms with Crippen molar-refractivity contribution in [2.24, 2.45) is 0 Å². The summed E-state index contributed by atoms with van der Waals surface area (Å²) in [6.07, 6.45) is 38.1. The van der Waals surface area contributed by atoms with Gasteiger partial charge in [-0.3, -0.25) is 4.79 Å². The molecule has 0 fully saturated rings. The van der Waals surface area contributed by atoms with E-state index in [1.165, 1.54) is 148 Å².